The molecule has 1 saturated heterocycles. The molecule has 0 unspecified atom stereocenters. The van der Waals surface area contributed by atoms with E-state index in [1.807, 2.05) is 27.7 Å². The van der Waals surface area contributed by atoms with Crippen LogP contribution in [0.5, 0.6) is 0 Å². The molecule has 0 radical (unpaired) electrons. The van der Waals surface area contributed by atoms with Crippen molar-refractivity contribution in [2.45, 2.75) is 46.1 Å². The summed E-state index contributed by atoms with van der Waals surface area (Å²) >= 11 is 0. The molecule has 0 aliphatic carbocycles. The number of hydrogen-bond donors (Lipinski definition) is 2. The minimum absolute atomic E-state index is 0.143. The highest BCUT2D eigenvalue weighted by atomic mass is 16.2. The van der Waals surface area contributed by atoms with Gasteiger partial charge in [0.1, 0.15) is 5.41 Å². The zero-order valence-corrected chi connectivity index (χ0v) is 9.94. The van der Waals surface area contributed by atoms with Gasteiger partial charge in [-0.25, -0.2) is 0 Å². The lowest BCUT2D eigenvalue weighted by Gasteiger charge is -2.28. The Balaban J connectivity index is 3.06. The van der Waals surface area contributed by atoms with Gasteiger partial charge in [-0.1, -0.05) is 13.8 Å². The zero-order valence-electron chi connectivity index (χ0n) is 9.94. The second kappa shape index (κ2) is 3.83. The predicted octanol–water partition coefficient (Wildman–Crippen LogP) is 0.817. The Bertz CT molecular complexity index is 280. The number of rotatable bonds is 2. The van der Waals surface area contributed by atoms with Crippen molar-refractivity contribution in [1.29, 1.82) is 0 Å². The van der Waals surface area contributed by atoms with E-state index in [0.717, 1.165) is 0 Å². The zero-order chi connectivity index (χ0) is 11.7. The summed E-state index contributed by atoms with van der Waals surface area (Å²) in [6, 6.07) is 0. The summed E-state index contributed by atoms with van der Waals surface area (Å²) < 4.78 is 0. The summed E-state index contributed by atoms with van der Waals surface area (Å²) in [5.74, 6) is -0.289. The predicted molar refractivity (Wildman–Crippen MR) is 58.2 cm³/mol. The van der Waals surface area contributed by atoms with Crippen molar-refractivity contribution in [2.75, 3.05) is 6.54 Å². The van der Waals surface area contributed by atoms with Crippen LogP contribution in [0.3, 0.4) is 0 Å². The first-order valence-corrected chi connectivity index (χ1v) is 5.49. The third kappa shape index (κ3) is 1.98. The van der Waals surface area contributed by atoms with Crippen molar-refractivity contribution in [3.05, 3.63) is 0 Å². The summed E-state index contributed by atoms with van der Waals surface area (Å²) in [6.45, 7) is 8.06. The van der Waals surface area contributed by atoms with E-state index in [-0.39, 0.29) is 17.4 Å². The fourth-order valence-electron chi connectivity index (χ4n) is 1.94. The molecule has 2 amide bonds. The van der Waals surface area contributed by atoms with Crippen LogP contribution in [0.1, 0.15) is 40.5 Å². The highest BCUT2D eigenvalue weighted by molar-refractivity contribution is 6.06. The average molecular weight is 212 g/mol. The van der Waals surface area contributed by atoms with Crippen LogP contribution in [0.4, 0.5) is 0 Å². The van der Waals surface area contributed by atoms with E-state index in [1.54, 1.807) is 0 Å². The second-order valence-electron chi connectivity index (χ2n) is 4.81. The number of carbonyl (C=O) groups is 2. The van der Waals surface area contributed by atoms with Gasteiger partial charge in [0.05, 0.1) is 5.54 Å². The molecule has 1 aliphatic rings. The van der Waals surface area contributed by atoms with Crippen LogP contribution in [0.2, 0.25) is 0 Å². The normalized spacial score (nSPS) is 24.0. The van der Waals surface area contributed by atoms with Crippen molar-refractivity contribution in [3.8, 4) is 0 Å². The molecule has 1 aliphatic heterocycles. The molecule has 86 valence electrons. The minimum Gasteiger partial charge on any atom is -0.353 e. The van der Waals surface area contributed by atoms with Gasteiger partial charge in [-0.3, -0.25) is 9.59 Å². The quantitative estimate of drug-likeness (QED) is 0.666. The maximum Gasteiger partial charge on any atom is 0.236 e. The third-order valence-electron chi connectivity index (χ3n) is 3.22. The number of carbonyl (C=O) groups excluding carboxylic acids is 2. The van der Waals surface area contributed by atoms with Gasteiger partial charge in [0.15, 0.2) is 0 Å². The van der Waals surface area contributed by atoms with Crippen LogP contribution in [-0.4, -0.2) is 23.9 Å². The van der Waals surface area contributed by atoms with Crippen LogP contribution in [0.25, 0.3) is 0 Å². The molecule has 15 heavy (non-hydrogen) atoms. The summed E-state index contributed by atoms with van der Waals surface area (Å²) in [4.78, 5) is 24.0. The van der Waals surface area contributed by atoms with E-state index >= 15 is 0 Å². The smallest absolute Gasteiger partial charge is 0.236 e. The standard InChI is InChI=1S/C11H20N2O2/c1-5-11(6-2)8(14)12-7-10(3,4)13-9(11)15/h5-7H2,1-4H3,(H,12,14)(H,13,15). The van der Waals surface area contributed by atoms with E-state index < -0.39 is 5.41 Å². The molecule has 2 N–H and O–H groups in total. The van der Waals surface area contributed by atoms with Crippen molar-refractivity contribution in [1.82, 2.24) is 10.6 Å². The summed E-state index contributed by atoms with van der Waals surface area (Å²) in [6.07, 6.45) is 1.08. The Morgan fingerprint density at radius 1 is 1.13 bits per heavy atom. The van der Waals surface area contributed by atoms with Crippen LogP contribution in [0, 0.1) is 5.41 Å². The molecule has 4 nitrogen and oxygen atoms in total. The molecule has 0 atom stereocenters. The molecule has 0 aromatic heterocycles. The molecule has 1 heterocycles. The van der Waals surface area contributed by atoms with Gasteiger partial charge >= 0.3 is 0 Å². The van der Waals surface area contributed by atoms with Crippen molar-refractivity contribution >= 4 is 11.8 Å². The summed E-state index contributed by atoms with van der Waals surface area (Å²) in [7, 11) is 0. The van der Waals surface area contributed by atoms with Crippen LogP contribution >= 0.6 is 0 Å². The van der Waals surface area contributed by atoms with Crippen LogP contribution < -0.4 is 10.6 Å². The summed E-state index contributed by atoms with van der Waals surface area (Å²) in [5, 5.41) is 5.75. The van der Waals surface area contributed by atoms with Crippen molar-refractivity contribution in [3.63, 3.8) is 0 Å². The van der Waals surface area contributed by atoms with Gasteiger partial charge < -0.3 is 10.6 Å². The SMILES string of the molecule is CCC1(CC)C(=O)NCC(C)(C)NC1=O. The van der Waals surface area contributed by atoms with E-state index in [2.05, 4.69) is 10.6 Å². The highest BCUT2D eigenvalue weighted by Crippen LogP contribution is 2.29. The highest BCUT2D eigenvalue weighted by Gasteiger charge is 2.46. The molecule has 0 spiro atoms. The van der Waals surface area contributed by atoms with E-state index in [4.69, 9.17) is 0 Å². The van der Waals surface area contributed by atoms with Crippen LogP contribution in [-0.2, 0) is 9.59 Å². The van der Waals surface area contributed by atoms with Crippen LogP contribution in [0.15, 0.2) is 0 Å². The number of amides is 2. The maximum absolute atomic E-state index is 12.1. The molecule has 0 aromatic carbocycles. The molecular formula is C11H20N2O2. The molecule has 1 rings (SSSR count). The topological polar surface area (TPSA) is 58.2 Å². The lowest BCUT2D eigenvalue weighted by molar-refractivity contribution is -0.143. The Labute approximate surface area is 90.8 Å². The Morgan fingerprint density at radius 3 is 2.13 bits per heavy atom. The van der Waals surface area contributed by atoms with E-state index in [9.17, 15) is 9.59 Å². The first-order chi connectivity index (χ1) is 6.88. The average Bonchev–Trinajstić information content (AvgIpc) is 2.24. The first kappa shape index (κ1) is 12.0. The van der Waals surface area contributed by atoms with E-state index in [0.29, 0.717) is 19.4 Å². The fraction of sp³-hybridized carbons (Fsp3) is 0.818. The monoisotopic (exact) mass is 212 g/mol. The second-order valence-corrected chi connectivity index (χ2v) is 4.81. The van der Waals surface area contributed by atoms with Crippen molar-refractivity contribution < 1.29 is 9.59 Å². The molecule has 4 heteroatoms. The molecule has 1 fully saturated rings. The molecule has 0 saturated carbocycles. The largest absolute Gasteiger partial charge is 0.353 e. The van der Waals surface area contributed by atoms with Gasteiger partial charge in [0.25, 0.3) is 0 Å². The Hall–Kier alpha value is -1.06. The first-order valence-electron chi connectivity index (χ1n) is 5.49. The fourth-order valence-corrected chi connectivity index (χ4v) is 1.94. The van der Waals surface area contributed by atoms with Gasteiger partial charge in [-0.2, -0.15) is 0 Å². The molecular weight excluding hydrogens is 192 g/mol. The Kier molecular flexibility index (Phi) is 3.07. The number of hydrogen-bond acceptors (Lipinski definition) is 2. The maximum atomic E-state index is 12.1. The number of nitrogens with one attached hydrogen (secondary N) is 2. The molecule has 0 aromatic rings. The van der Waals surface area contributed by atoms with Crippen molar-refractivity contribution in [2.24, 2.45) is 5.41 Å². The summed E-state index contributed by atoms with van der Waals surface area (Å²) in [5.41, 5.74) is -1.24. The lowest BCUT2D eigenvalue weighted by atomic mass is 9.80. The Morgan fingerprint density at radius 2 is 1.67 bits per heavy atom. The third-order valence-corrected chi connectivity index (χ3v) is 3.22. The van der Waals surface area contributed by atoms with Gasteiger partial charge in [-0.15, -0.1) is 0 Å². The lowest BCUT2D eigenvalue weighted by Crippen LogP contribution is -2.50. The van der Waals surface area contributed by atoms with Gasteiger partial charge in [0, 0.05) is 6.54 Å². The minimum atomic E-state index is -0.881. The van der Waals surface area contributed by atoms with E-state index in [1.165, 1.54) is 0 Å². The van der Waals surface area contributed by atoms with Gasteiger partial charge in [-0.05, 0) is 26.7 Å². The van der Waals surface area contributed by atoms with Gasteiger partial charge in [0.2, 0.25) is 11.8 Å². The molecule has 0 bridgehead atoms.